The van der Waals surface area contributed by atoms with E-state index in [-0.39, 0.29) is 11.9 Å². The van der Waals surface area contributed by atoms with Crippen LogP contribution in [0.3, 0.4) is 0 Å². The molecule has 29 heavy (non-hydrogen) atoms. The second kappa shape index (κ2) is 8.67. The number of amides is 1. The Kier molecular flexibility index (Phi) is 6.01. The molecule has 0 saturated carbocycles. The van der Waals surface area contributed by atoms with Crippen LogP contribution in [0.2, 0.25) is 0 Å². The Morgan fingerprint density at radius 3 is 2.69 bits per heavy atom. The summed E-state index contributed by atoms with van der Waals surface area (Å²) in [5.41, 5.74) is 0.0669. The van der Waals surface area contributed by atoms with Gasteiger partial charge in [-0.15, -0.1) is 0 Å². The van der Waals surface area contributed by atoms with E-state index in [0.717, 1.165) is 43.7 Å². The van der Waals surface area contributed by atoms with Gasteiger partial charge >= 0.3 is 0 Å². The van der Waals surface area contributed by atoms with Crippen molar-refractivity contribution >= 4 is 5.91 Å². The van der Waals surface area contributed by atoms with Gasteiger partial charge in [0.05, 0.1) is 6.04 Å². The zero-order valence-electron chi connectivity index (χ0n) is 17.3. The molecule has 2 aromatic rings. The molecule has 2 atom stereocenters. The molecule has 3 heterocycles. The summed E-state index contributed by atoms with van der Waals surface area (Å²) in [6.45, 7) is 5.92. The molecule has 1 N–H and O–H groups in total. The van der Waals surface area contributed by atoms with Crippen molar-refractivity contribution in [2.75, 3.05) is 26.2 Å². The van der Waals surface area contributed by atoms with Gasteiger partial charge in [0, 0.05) is 44.9 Å². The average molecular weight is 397 g/mol. The van der Waals surface area contributed by atoms with Crippen LogP contribution in [0.15, 0.2) is 42.7 Å². The van der Waals surface area contributed by atoms with E-state index in [9.17, 15) is 9.90 Å². The molecule has 2 aliphatic rings. The highest BCUT2D eigenvalue weighted by atomic mass is 16.3. The summed E-state index contributed by atoms with van der Waals surface area (Å²) in [5, 5.41) is 11.7. The van der Waals surface area contributed by atoms with E-state index in [2.05, 4.69) is 21.4 Å². The number of benzene rings is 1. The fraction of sp³-hybridized carbons (Fsp3) is 0.565. The molecule has 4 rings (SSSR count). The fourth-order valence-corrected chi connectivity index (χ4v) is 4.92. The summed E-state index contributed by atoms with van der Waals surface area (Å²) >= 11 is 0. The molecule has 0 bridgehead atoms. The molecule has 2 fully saturated rings. The SMILES string of the molecule is CCc1nccn1CCC(=O)N1CC[C@](O)(c2ccccc2)[C@H](N2CCCC2)C1. The smallest absolute Gasteiger partial charge is 0.224 e. The van der Waals surface area contributed by atoms with Gasteiger partial charge in [-0.25, -0.2) is 4.98 Å². The average Bonchev–Trinajstić information content (AvgIpc) is 3.44. The number of carbonyl (C=O) groups excluding carboxylic acids is 1. The predicted octanol–water partition coefficient (Wildman–Crippen LogP) is 2.42. The van der Waals surface area contributed by atoms with Crippen LogP contribution in [-0.2, 0) is 23.4 Å². The molecule has 0 aliphatic carbocycles. The van der Waals surface area contributed by atoms with E-state index < -0.39 is 5.60 Å². The topological polar surface area (TPSA) is 61.6 Å². The minimum Gasteiger partial charge on any atom is -0.383 e. The van der Waals surface area contributed by atoms with Crippen molar-refractivity contribution in [1.82, 2.24) is 19.4 Å². The molecule has 0 unspecified atom stereocenters. The molecule has 1 aromatic carbocycles. The Morgan fingerprint density at radius 1 is 1.21 bits per heavy atom. The van der Waals surface area contributed by atoms with Crippen molar-refractivity contribution < 1.29 is 9.90 Å². The largest absolute Gasteiger partial charge is 0.383 e. The van der Waals surface area contributed by atoms with Gasteiger partial charge in [-0.3, -0.25) is 9.69 Å². The molecule has 156 valence electrons. The van der Waals surface area contributed by atoms with Gasteiger partial charge in [0.1, 0.15) is 11.4 Å². The van der Waals surface area contributed by atoms with E-state index in [0.29, 0.717) is 32.5 Å². The summed E-state index contributed by atoms with van der Waals surface area (Å²) < 4.78 is 2.07. The monoisotopic (exact) mass is 396 g/mol. The molecular weight excluding hydrogens is 364 g/mol. The molecule has 6 heteroatoms. The highest BCUT2D eigenvalue weighted by molar-refractivity contribution is 5.76. The van der Waals surface area contributed by atoms with E-state index in [1.165, 1.54) is 0 Å². The number of piperidine rings is 1. The standard InChI is InChI=1S/C23H32N4O2/c1-2-21-24-12-17-26(21)15-10-22(28)27-16-11-23(29,19-8-4-3-5-9-19)20(18-27)25-13-6-7-14-25/h3-5,8-9,12,17,20,29H,2,6-7,10-11,13-16,18H2,1H3/t20-,23+/m1/s1. The Morgan fingerprint density at radius 2 is 1.97 bits per heavy atom. The van der Waals surface area contributed by atoms with Crippen LogP contribution < -0.4 is 0 Å². The molecular formula is C23H32N4O2. The normalized spacial score (nSPS) is 25.4. The second-order valence-electron chi connectivity index (χ2n) is 8.28. The lowest BCUT2D eigenvalue weighted by Gasteiger charge is -2.48. The molecule has 0 radical (unpaired) electrons. The lowest BCUT2D eigenvalue weighted by molar-refractivity contribution is -0.143. The number of aliphatic hydroxyl groups is 1. The lowest BCUT2D eigenvalue weighted by Crippen LogP contribution is -2.61. The Bertz CT molecular complexity index is 815. The van der Waals surface area contributed by atoms with Crippen molar-refractivity contribution in [2.24, 2.45) is 0 Å². The fourth-order valence-electron chi connectivity index (χ4n) is 4.92. The molecule has 2 aliphatic heterocycles. The number of likely N-dealkylation sites (tertiary alicyclic amines) is 2. The minimum absolute atomic E-state index is 0.0513. The maximum absolute atomic E-state index is 13.0. The van der Waals surface area contributed by atoms with Crippen LogP contribution in [0, 0.1) is 0 Å². The van der Waals surface area contributed by atoms with Crippen LogP contribution in [-0.4, -0.2) is 62.6 Å². The lowest BCUT2D eigenvalue weighted by atomic mass is 9.79. The van der Waals surface area contributed by atoms with Crippen LogP contribution in [0.4, 0.5) is 0 Å². The first-order valence-electron chi connectivity index (χ1n) is 10.9. The summed E-state index contributed by atoms with van der Waals surface area (Å²) in [5.74, 6) is 1.19. The number of aromatic nitrogens is 2. The number of hydrogen-bond acceptors (Lipinski definition) is 4. The maximum Gasteiger partial charge on any atom is 0.224 e. The molecule has 0 spiro atoms. The zero-order valence-corrected chi connectivity index (χ0v) is 17.3. The minimum atomic E-state index is -0.901. The van der Waals surface area contributed by atoms with Gasteiger partial charge in [-0.05, 0) is 37.9 Å². The van der Waals surface area contributed by atoms with E-state index in [1.54, 1.807) is 6.20 Å². The number of nitrogens with zero attached hydrogens (tertiary/aromatic N) is 4. The van der Waals surface area contributed by atoms with Crippen molar-refractivity contribution in [1.29, 1.82) is 0 Å². The van der Waals surface area contributed by atoms with Crippen molar-refractivity contribution in [2.45, 2.75) is 57.2 Å². The maximum atomic E-state index is 13.0. The second-order valence-corrected chi connectivity index (χ2v) is 8.28. The van der Waals surface area contributed by atoms with Crippen LogP contribution in [0.1, 0.15) is 44.0 Å². The number of hydrogen-bond donors (Lipinski definition) is 1. The Balaban J connectivity index is 1.47. The summed E-state index contributed by atoms with van der Waals surface area (Å²) in [4.78, 5) is 21.7. The van der Waals surface area contributed by atoms with Gasteiger partial charge < -0.3 is 14.6 Å². The summed E-state index contributed by atoms with van der Waals surface area (Å²) in [6.07, 6.45) is 7.99. The molecule has 1 amide bonds. The van der Waals surface area contributed by atoms with E-state index in [4.69, 9.17) is 0 Å². The number of aryl methyl sites for hydroxylation is 2. The third-order valence-corrected chi connectivity index (χ3v) is 6.60. The number of imidazole rings is 1. The number of rotatable bonds is 6. The highest BCUT2D eigenvalue weighted by Crippen LogP contribution is 2.37. The zero-order chi connectivity index (χ0) is 20.3. The first kappa shape index (κ1) is 20.1. The Hall–Kier alpha value is -2.18. The molecule has 1 aromatic heterocycles. The van der Waals surface area contributed by atoms with E-state index >= 15 is 0 Å². The van der Waals surface area contributed by atoms with Crippen LogP contribution in [0.25, 0.3) is 0 Å². The van der Waals surface area contributed by atoms with Gasteiger partial charge in [0.15, 0.2) is 0 Å². The first-order chi connectivity index (χ1) is 14.1. The quantitative estimate of drug-likeness (QED) is 0.815. The van der Waals surface area contributed by atoms with Gasteiger partial charge in [-0.2, -0.15) is 0 Å². The third-order valence-electron chi connectivity index (χ3n) is 6.60. The van der Waals surface area contributed by atoms with Crippen molar-refractivity contribution in [3.05, 3.63) is 54.1 Å². The first-order valence-corrected chi connectivity index (χ1v) is 10.9. The van der Waals surface area contributed by atoms with E-state index in [1.807, 2.05) is 41.4 Å². The predicted molar refractivity (Wildman–Crippen MR) is 112 cm³/mol. The van der Waals surface area contributed by atoms with Gasteiger partial charge in [0.2, 0.25) is 5.91 Å². The highest BCUT2D eigenvalue weighted by Gasteiger charge is 2.47. The van der Waals surface area contributed by atoms with Crippen LogP contribution >= 0.6 is 0 Å². The van der Waals surface area contributed by atoms with Gasteiger partial charge in [0.25, 0.3) is 0 Å². The van der Waals surface area contributed by atoms with Gasteiger partial charge in [-0.1, -0.05) is 37.3 Å². The number of carbonyl (C=O) groups is 1. The summed E-state index contributed by atoms with van der Waals surface area (Å²) in [7, 11) is 0. The molecule has 2 saturated heterocycles. The Labute approximate surface area is 173 Å². The summed E-state index contributed by atoms with van der Waals surface area (Å²) in [6, 6.07) is 9.95. The van der Waals surface area contributed by atoms with Crippen molar-refractivity contribution in [3.8, 4) is 0 Å². The van der Waals surface area contributed by atoms with Crippen molar-refractivity contribution in [3.63, 3.8) is 0 Å². The third kappa shape index (κ3) is 4.09. The molecule has 6 nitrogen and oxygen atoms in total. The van der Waals surface area contributed by atoms with Crippen LogP contribution in [0.5, 0.6) is 0 Å².